The van der Waals surface area contributed by atoms with Gasteiger partial charge in [0.05, 0.1) is 22.1 Å². The molecule has 0 fully saturated rings. The number of rotatable bonds is 2. The maximum Gasteiger partial charge on any atom is 0.242 e. The average molecular weight is 841 g/mol. The van der Waals surface area contributed by atoms with Crippen LogP contribution in [0.1, 0.15) is 66.8 Å². The van der Waals surface area contributed by atoms with Gasteiger partial charge >= 0.3 is 0 Å². The molecule has 0 N–H and O–H groups in total. The Balaban J connectivity index is 0.956. The van der Waals surface area contributed by atoms with Crippen LogP contribution in [0.2, 0.25) is 0 Å². The molecule has 6 heterocycles. The lowest BCUT2D eigenvalue weighted by atomic mass is 9.27. The molecule has 0 aliphatic carbocycles. The molecule has 9 aromatic carbocycles. The predicted molar refractivity (Wildman–Crippen MR) is 280 cm³/mol. The number of fused-ring (bicyclic) bond motifs is 14. The zero-order valence-electron chi connectivity index (χ0n) is 37.9. The summed E-state index contributed by atoms with van der Waals surface area (Å²) in [5.74, 6) is 0. The predicted octanol–water partition coefficient (Wildman–Crippen LogP) is 9.76. The van der Waals surface area contributed by atoms with E-state index in [0.29, 0.717) is 0 Å². The van der Waals surface area contributed by atoms with E-state index < -0.39 is 0 Å². The van der Waals surface area contributed by atoms with Crippen LogP contribution < -0.4 is 32.8 Å². The molecule has 0 spiro atoms. The number of hydrogen-bond acceptors (Lipinski definition) is 0. The molecule has 4 aliphatic rings. The van der Waals surface area contributed by atoms with Gasteiger partial charge in [0.1, 0.15) is 0 Å². The lowest BCUT2D eigenvalue weighted by Gasteiger charge is -2.38. The summed E-state index contributed by atoms with van der Waals surface area (Å²) >= 11 is 0. The second-order valence-electron chi connectivity index (χ2n) is 20.1. The molecule has 0 saturated carbocycles. The maximum atomic E-state index is 2.70. The molecule has 15 rings (SSSR count). The van der Waals surface area contributed by atoms with E-state index >= 15 is 0 Å². The second-order valence-corrected chi connectivity index (χ2v) is 20.1. The summed E-state index contributed by atoms with van der Waals surface area (Å²) in [7, 11) is 0. The minimum absolute atomic E-state index is 0.202. The summed E-state index contributed by atoms with van der Waals surface area (Å²) in [6.45, 7) is 9.52. The first kappa shape index (κ1) is 37.0. The van der Waals surface area contributed by atoms with Crippen molar-refractivity contribution in [3.05, 3.63) is 224 Å². The smallest absolute Gasteiger partial charge is 0.242 e. The van der Waals surface area contributed by atoms with E-state index in [4.69, 9.17) is 0 Å². The zero-order chi connectivity index (χ0) is 43.7. The van der Waals surface area contributed by atoms with Gasteiger partial charge in [-0.25, -0.2) is 0 Å². The van der Waals surface area contributed by atoms with E-state index in [9.17, 15) is 0 Å². The lowest BCUT2D eigenvalue weighted by molar-refractivity contribution is 1.08. The van der Waals surface area contributed by atoms with Gasteiger partial charge in [-0.1, -0.05) is 166 Å². The van der Waals surface area contributed by atoms with Gasteiger partial charge in [0.25, 0.3) is 0 Å². The van der Waals surface area contributed by atoms with Gasteiger partial charge in [0.2, 0.25) is 13.4 Å². The van der Waals surface area contributed by atoms with Gasteiger partial charge in [0, 0.05) is 32.9 Å². The summed E-state index contributed by atoms with van der Waals surface area (Å²) < 4.78 is 5.19. The number of hydrogen-bond donors (Lipinski definition) is 0. The fourth-order valence-electron chi connectivity index (χ4n) is 13.8. The van der Waals surface area contributed by atoms with Crippen LogP contribution in [0, 0.1) is 27.7 Å². The Bertz CT molecular complexity index is 3640. The van der Waals surface area contributed by atoms with Gasteiger partial charge < -0.3 is 9.13 Å². The molecule has 4 aliphatic heterocycles. The Morgan fingerprint density at radius 2 is 0.636 bits per heavy atom. The first-order valence-electron chi connectivity index (χ1n) is 24.0. The Morgan fingerprint density at radius 1 is 0.303 bits per heavy atom. The molecule has 11 aromatic rings. The largest absolute Gasteiger partial charge is 0.309 e. The number of nitrogens with zero attached hydrogens (tertiary/aromatic N) is 2. The van der Waals surface area contributed by atoms with Gasteiger partial charge in [-0.3, -0.25) is 0 Å². The van der Waals surface area contributed by atoms with Crippen LogP contribution in [0.15, 0.2) is 158 Å². The molecule has 0 amide bonds. The van der Waals surface area contributed by atoms with Crippen molar-refractivity contribution < 1.29 is 0 Å². The van der Waals surface area contributed by atoms with E-state index in [1.165, 1.54) is 144 Å². The van der Waals surface area contributed by atoms with Crippen LogP contribution in [0.3, 0.4) is 0 Å². The second kappa shape index (κ2) is 13.2. The van der Waals surface area contributed by atoms with E-state index in [2.05, 4.69) is 195 Å². The SMILES string of the molecule is Cc1cccc2c3cccc(C)c3n(-c3cc4c5c(c3)Cc3cc6c(cc3B5c3ccccc3C4)B3c4ccccc4Cc4cc(-n5c7c(C)cccc7c7cccc(C)c75)cc(c43)C6)c12. The standard InChI is InChI=1S/C62H46B2N2/c1-35-13-9-19-49-50-20-10-14-36(2)60(50)65(59(35)49)47-30-43-25-39-17-5-7-23-53(39)63-55-34-56-42(27-41(55)28-45(32-47)57(43)63)29-46-33-48(31-44-26-40-18-6-8-24-54(40)64(56)58(44)46)66-61-37(3)15-11-21-51(61)52-22-12-16-38(4)62(52)66/h5-24,27,30-34H,25-26,28-29H2,1-4H3. The Hall–Kier alpha value is -7.29. The third kappa shape index (κ3) is 4.84. The van der Waals surface area contributed by atoms with Crippen LogP contribution in [-0.2, 0) is 25.7 Å². The Kier molecular flexibility index (Phi) is 7.38. The summed E-state index contributed by atoms with van der Waals surface area (Å²) in [6.07, 6.45) is 3.79. The molecule has 310 valence electrons. The van der Waals surface area contributed by atoms with Crippen molar-refractivity contribution in [1.29, 1.82) is 0 Å². The lowest BCUT2D eigenvalue weighted by Crippen LogP contribution is -2.65. The molecule has 2 nitrogen and oxygen atoms in total. The van der Waals surface area contributed by atoms with E-state index in [0.717, 1.165) is 25.7 Å². The van der Waals surface area contributed by atoms with Crippen LogP contribution in [0.25, 0.3) is 55.0 Å². The highest BCUT2D eigenvalue weighted by atomic mass is 15.0. The minimum Gasteiger partial charge on any atom is -0.309 e. The molecule has 0 saturated heterocycles. The fourth-order valence-corrected chi connectivity index (χ4v) is 13.8. The van der Waals surface area contributed by atoms with E-state index in [-0.39, 0.29) is 13.4 Å². The van der Waals surface area contributed by atoms with Crippen LogP contribution >= 0.6 is 0 Å². The van der Waals surface area contributed by atoms with E-state index in [1.54, 1.807) is 10.9 Å². The number of aromatic nitrogens is 2. The van der Waals surface area contributed by atoms with Crippen molar-refractivity contribution in [3.8, 4) is 11.4 Å². The van der Waals surface area contributed by atoms with Crippen LogP contribution in [-0.4, -0.2) is 22.6 Å². The molecule has 0 atom stereocenters. The van der Waals surface area contributed by atoms with Crippen molar-refractivity contribution in [2.75, 3.05) is 0 Å². The highest BCUT2D eigenvalue weighted by molar-refractivity contribution is 7.00. The van der Waals surface area contributed by atoms with Crippen molar-refractivity contribution in [2.45, 2.75) is 53.4 Å². The van der Waals surface area contributed by atoms with Crippen LogP contribution in [0.5, 0.6) is 0 Å². The van der Waals surface area contributed by atoms with Gasteiger partial charge in [-0.15, -0.1) is 0 Å². The van der Waals surface area contributed by atoms with E-state index in [1.807, 2.05) is 0 Å². The average Bonchev–Trinajstić information content (AvgIpc) is 3.87. The molecule has 0 unspecified atom stereocenters. The molecule has 2 aromatic heterocycles. The van der Waals surface area contributed by atoms with Crippen molar-refractivity contribution in [2.24, 2.45) is 0 Å². The van der Waals surface area contributed by atoms with Gasteiger partial charge in [0.15, 0.2) is 0 Å². The quantitative estimate of drug-likeness (QED) is 0.154. The molecular weight excluding hydrogens is 794 g/mol. The first-order valence-corrected chi connectivity index (χ1v) is 24.0. The fraction of sp³-hybridized carbons (Fsp3) is 0.129. The number of benzene rings is 9. The monoisotopic (exact) mass is 840 g/mol. The van der Waals surface area contributed by atoms with Crippen molar-refractivity contribution >= 4 is 89.8 Å². The third-order valence-corrected chi connectivity index (χ3v) is 16.5. The third-order valence-electron chi connectivity index (χ3n) is 16.5. The van der Waals surface area contributed by atoms with Gasteiger partial charge in [-0.2, -0.15) is 0 Å². The Labute approximate surface area is 386 Å². The van der Waals surface area contributed by atoms with Crippen LogP contribution in [0.4, 0.5) is 0 Å². The molecule has 66 heavy (non-hydrogen) atoms. The summed E-state index contributed by atoms with van der Waals surface area (Å²) in [4.78, 5) is 0. The maximum absolute atomic E-state index is 2.70. The molecular formula is C62H46B2N2. The molecule has 0 bridgehead atoms. The van der Waals surface area contributed by atoms with Gasteiger partial charge in [-0.05, 0) is 144 Å². The zero-order valence-corrected chi connectivity index (χ0v) is 37.9. The highest BCUT2D eigenvalue weighted by Gasteiger charge is 2.42. The highest BCUT2D eigenvalue weighted by Crippen LogP contribution is 2.39. The minimum atomic E-state index is 0.202. The number of aryl methyl sites for hydroxylation is 4. The topological polar surface area (TPSA) is 9.86 Å². The Morgan fingerprint density at radius 3 is 1.00 bits per heavy atom. The van der Waals surface area contributed by atoms with Crippen molar-refractivity contribution in [1.82, 2.24) is 9.13 Å². The molecule has 0 radical (unpaired) electrons. The first-order chi connectivity index (χ1) is 32.4. The summed E-state index contributed by atoms with van der Waals surface area (Å²) in [5, 5.41) is 5.33. The summed E-state index contributed by atoms with van der Waals surface area (Å²) in [6, 6.07) is 61.5. The van der Waals surface area contributed by atoms with Crippen molar-refractivity contribution in [3.63, 3.8) is 0 Å². The molecule has 4 heteroatoms. The number of para-hydroxylation sites is 4. The summed E-state index contributed by atoms with van der Waals surface area (Å²) in [5.41, 5.74) is 34.0. The normalized spacial score (nSPS) is 14.1.